The van der Waals surface area contributed by atoms with E-state index in [9.17, 15) is 5.11 Å². The zero-order valence-electron chi connectivity index (χ0n) is 13.3. The van der Waals surface area contributed by atoms with Gasteiger partial charge >= 0.3 is 0 Å². The number of hydrogen-bond donors (Lipinski definition) is 1. The molecule has 0 radical (unpaired) electrons. The van der Waals surface area contributed by atoms with E-state index in [-0.39, 0.29) is 13.0 Å². The van der Waals surface area contributed by atoms with Crippen LogP contribution in [0.25, 0.3) is 10.4 Å². The Morgan fingerprint density at radius 2 is 2.12 bits per heavy atom. The minimum absolute atomic E-state index is 0.159. The molecule has 0 bridgehead atoms. The highest BCUT2D eigenvalue weighted by Crippen LogP contribution is 2.30. The number of nitrogens with zero attached hydrogens (tertiary/aromatic N) is 4. The molecule has 1 aliphatic rings. The second-order valence-electron chi connectivity index (χ2n) is 5.67. The van der Waals surface area contributed by atoms with Crippen molar-refractivity contribution in [3.05, 3.63) is 75.4 Å². The number of pyridine rings is 1. The largest absolute Gasteiger partial charge is 0.390 e. The van der Waals surface area contributed by atoms with Crippen molar-refractivity contribution in [3.63, 3.8) is 0 Å². The normalized spacial score (nSPS) is 24.3. The molecule has 1 fully saturated rings. The van der Waals surface area contributed by atoms with Crippen LogP contribution in [0.5, 0.6) is 0 Å². The quantitative estimate of drug-likeness (QED) is 0.382. The molecule has 8 heteroatoms. The smallest absolute Gasteiger partial charge is 0.184 e. The molecule has 7 nitrogen and oxygen atoms in total. The molecule has 1 aromatic heterocycles. The third kappa shape index (κ3) is 4.28. The van der Waals surface area contributed by atoms with Crippen LogP contribution in [0.3, 0.4) is 0 Å². The van der Waals surface area contributed by atoms with E-state index < -0.39 is 24.5 Å². The summed E-state index contributed by atoms with van der Waals surface area (Å²) >= 11 is 6.06. The third-order valence-corrected chi connectivity index (χ3v) is 4.33. The lowest BCUT2D eigenvalue weighted by molar-refractivity contribution is -0.244. The van der Waals surface area contributed by atoms with Gasteiger partial charge in [-0.25, -0.2) is 4.98 Å². The summed E-state index contributed by atoms with van der Waals surface area (Å²) in [6, 6.07) is 12.3. The molecule has 1 saturated heterocycles. The van der Waals surface area contributed by atoms with E-state index in [0.717, 1.165) is 5.56 Å². The van der Waals surface area contributed by atoms with Crippen molar-refractivity contribution in [1.82, 2.24) is 4.98 Å². The van der Waals surface area contributed by atoms with Crippen LogP contribution in [0.15, 0.2) is 53.8 Å². The van der Waals surface area contributed by atoms with Gasteiger partial charge in [0.1, 0.15) is 5.15 Å². The van der Waals surface area contributed by atoms with E-state index in [1.807, 2.05) is 30.3 Å². The first kappa shape index (κ1) is 17.7. The summed E-state index contributed by atoms with van der Waals surface area (Å²) in [7, 11) is 0. The van der Waals surface area contributed by atoms with Crippen LogP contribution in [-0.4, -0.2) is 34.9 Å². The second kappa shape index (κ2) is 8.29. The topological polar surface area (TPSA) is 100 Å². The predicted octanol–water partition coefficient (Wildman–Crippen LogP) is 3.43. The first-order valence-electron chi connectivity index (χ1n) is 7.82. The highest BCUT2D eigenvalue weighted by molar-refractivity contribution is 6.30. The summed E-state index contributed by atoms with van der Waals surface area (Å²) in [5.74, 6) is 0. The Balaban J connectivity index is 1.78. The summed E-state index contributed by atoms with van der Waals surface area (Å²) in [6.45, 7) is 0.159. The molecule has 3 unspecified atom stereocenters. The molecule has 3 rings (SSSR count). The van der Waals surface area contributed by atoms with Gasteiger partial charge in [0.05, 0.1) is 24.9 Å². The fraction of sp³-hybridized carbons (Fsp3) is 0.353. The summed E-state index contributed by atoms with van der Waals surface area (Å²) < 4.78 is 11.6. The van der Waals surface area contributed by atoms with Gasteiger partial charge in [-0.3, -0.25) is 0 Å². The number of ether oxygens (including phenoxy) is 2. The summed E-state index contributed by atoms with van der Waals surface area (Å²) in [6.07, 6.45) is -0.456. The Bertz CT molecular complexity index is 755. The molecule has 25 heavy (non-hydrogen) atoms. The van der Waals surface area contributed by atoms with E-state index >= 15 is 0 Å². The standard InChI is InChI=1S/C17H17ClN4O3/c18-16-12(7-4-8-20-16)9-14(23)15-13(21-22-19)10-24-17(25-15)11-5-2-1-3-6-11/h1-8,13-15,17,23H,9-10H2/t13?,14-,15?,17?/m1/s1. The van der Waals surface area contributed by atoms with Gasteiger partial charge in [0, 0.05) is 23.1 Å². The molecule has 4 atom stereocenters. The first-order valence-corrected chi connectivity index (χ1v) is 8.20. The van der Waals surface area contributed by atoms with Crippen molar-refractivity contribution in [2.45, 2.75) is 31.0 Å². The van der Waals surface area contributed by atoms with Crippen LogP contribution < -0.4 is 0 Å². The third-order valence-electron chi connectivity index (χ3n) is 3.99. The van der Waals surface area contributed by atoms with Crippen molar-refractivity contribution >= 4 is 11.6 Å². The molecule has 2 heterocycles. The average Bonchev–Trinajstić information content (AvgIpc) is 2.65. The van der Waals surface area contributed by atoms with Crippen LogP contribution in [0.1, 0.15) is 17.4 Å². The number of benzene rings is 1. The maximum absolute atomic E-state index is 10.7. The maximum Gasteiger partial charge on any atom is 0.184 e. The van der Waals surface area contributed by atoms with Crippen molar-refractivity contribution < 1.29 is 14.6 Å². The number of rotatable bonds is 5. The Kier molecular flexibility index (Phi) is 5.86. The predicted molar refractivity (Wildman–Crippen MR) is 91.9 cm³/mol. The van der Waals surface area contributed by atoms with Gasteiger partial charge < -0.3 is 14.6 Å². The highest BCUT2D eigenvalue weighted by Gasteiger charge is 2.37. The number of aliphatic hydroxyl groups is 1. The van der Waals surface area contributed by atoms with Crippen molar-refractivity contribution in [3.8, 4) is 0 Å². The number of azide groups is 1. The fourth-order valence-electron chi connectivity index (χ4n) is 2.76. The molecule has 0 amide bonds. The van der Waals surface area contributed by atoms with E-state index in [2.05, 4.69) is 15.0 Å². The molecule has 130 valence electrons. The Hall–Kier alpha value is -2.15. The molecule has 0 saturated carbocycles. The highest BCUT2D eigenvalue weighted by atomic mass is 35.5. The first-order chi connectivity index (χ1) is 12.2. The number of hydrogen-bond acceptors (Lipinski definition) is 5. The second-order valence-corrected chi connectivity index (χ2v) is 6.03. The summed E-state index contributed by atoms with van der Waals surface area (Å²) in [5, 5.41) is 14.7. The monoisotopic (exact) mass is 360 g/mol. The van der Waals surface area contributed by atoms with Crippen molar-refractivity contribution in [2.24, 2.45) is 5.11 Å². The van der Waals surface area contributed by atoms with E-state index in [1.54, 1.807) is 18.3 Å². The van der Waals surface area contributed by atoms with Gasteiger partial charge in [0.25, 0.3) is 0 Å². The number of aliphatic hydroxyl groups excluding tert-OH is 1. The maximum atomic E-state index is 10.7. The number of halogens is 1. The molecule has 0 aliphatic carbocycles. The van der Waals surface area contributed by atoms with Gasteiger partial charge in [-0.15, -0.1) is 0 Å². The number of aromatic nitrogens is 1. The van der Waals surface area contributed by atoms with Gasteiger partial charge in [-0.1, -0.05) is 53.1 Å². The molecular formula is C17H17ClN4O3. The van der Waals surface area contributed by atoms with Gasteiger partial charge in [-0.2, -0.15) is 0 Å². The van der Waals surface area contributed by atoms with Gasteiger partial charge in [-0.05, 0) is 17.2 Å². The zero-order chi connectivity index (χ0) is 17.6. The van der Waals surface area contributed by atoms with E-state index in [0.29, 0.717) is 10.7 Å². The van der Waals surface area contributed by atoms with Gasteiger partial charge in [0.15, 0.2) is 6.29 Å². The minimum Gasteiger partial charge on any atom is -0.390 e. The van der Waals surface area contributed by atoms with Crippen LogP contribution in [0.4, 0.5) is 0 Å². The lowest BCUT2D eigenvalue weighted by atomic mass is 9.99. The van der Waals surface area contributed by atoms with Crippen LogP contribution in [0.2, 0.25) is 5.15 Å². The molecule has 1 aliphatic heterocycles. The van der Waals surface area contributed by atoms with Gasteiger partial charge in [0.2, 0.25) is 0 Å². The molecule has 1 N–H and O–H groups in total. The zero-order valence-corrected chi connectivity index (χ0v) is 14.0. The Morgan fingerprint density at radius 1 is 1.32 bits per heavy atom. The molecule has 0 spiro atoms. The molecule has 1 aromatic carbocycles. The van der Waals surface area contributed by atoms with E-state index in [4.69, 9.17) is 26.6 Å². The Morgan fingerprint density at radius 3 is 2.84 bits per heavy atom. The summed E-state index contributed by atoms with van der Waals surface area (Å²) in [5.41, 5.74) is 10.3. The SMILES string of the molecule is [N-]=[N+]=NC1COC(c2ccccc2)OC1[C@H](O)Cc1cccnc1Cl. The van der Waals surface area contributed by atoms with Crippen LogP contribution >= 0.6 is 11.6 Å². The van der Waals surface area contributed by atoms with Crippen LogP contribution in [0, 0.1) is 0 Å². The summed E-state index contributed by atoms with van der Waals surface area (Å²) in [4.78, 5) is 6.83. The lowest BCUT2D eigenvalue weighted by Crippen LogP contribution is -2.47. The fourth-order valence-corrected chi connectivity index (χ4v) is 2.96. The van der Waals surface area contributed by atoms with Crippen LogP contribution in [-0.2, 0) is 15.9 Å². The Labute approximate surface area is 149 Å². The van der Waals surface area contributed by atoms with E-state index in [1.165, 1.54) is 0 Å². The molecule has 2 aromatic rings. The lowest BCUT2D eigenvalue weighted by Gasteiger charge is -2.37. The minimum atomic E-state index is -0.924. The molecular weight excluding hydrogens is 344 g/mol. The van der Waals surface area contributed by atoms with Crippen molar-refractivity contribution in [1.29, 1.82) is 0 Å². The van der Waals surface area contributed by atoms with Crippen molar-refractivity contribution in [2.75, 3.05) is 6.61 Å². The average molecular weight is 361 g/mol.